The second kappa shape index (κ2) is 8.72. The van der Waals surface area contributed by atoms with Crippen LogP contribution in [0.25, 0.3) is 0 Å². The Labute approximate surface area is 170 Å². The third kappa shape index (κ3) is 5.10. The molecule has 146 valence electrons. The molecule has 0 spiro atoms. The summed E-state index contributed by atoms with van der Waals surface area (Å²) in [5, 5.41) is 9.44. The van der Waals surface area contributed by atoms with Crippen molar-refractivity contribution in [2.24, 2.45) is 0 Å². The van der Waals surface area contributed by atoms with Gasteiger partial charge in [0.25, 0.3) is 0 Å². The summed E-state index contributed by atoms with van der Waals surface area (Å²) in [6.45, 7) is 1.89. The minimum atomic E-state index is -4.75. The molecule has 27 heavy (non-hydrogen) atoms. The van der Waals surface area contributed by atoms with Crippen molar-refractivity contribution in [3.8, 4) is 11.6 Å². The van der Waals surface area contributed by atoms with Gasteiger partial charge in [-0.3, -0.25) is 10.1 Å². The molecular formula is C15H10Cl3F3N2O3S. The second-order valence-corrected chi connectivity index (χ2v) is 7.29. The first-order chi connectivity index (χ1) is 12.6. The fraction of sp³-hybridized carbons (Fsp3) is 0.267. The van der Waals surface area contributed by atoms with Crippen molar-refractivity contribution in [2.75, 3.05) is 5.75 Å². The fourth-order valence-electron chi connectivity index (χ4n) is 1.90. The zero-order valence-electron chi connectivity index (χ0n) is 13.4. The van der Waals surface area contributed by atoms with Crippen molar-refractivity contribution >= 4 is 52.3 Å². The minimum Gasteiger partial charge on any atom is -0.436 e. The lowest BCUT2D eigenvalue weighted by atomic mass is 10.2. The average Bonchev–Trinajstić information content (AvgIpc) is 2.58. The van der Waals surface area contributed by atoms with E-state index in [1.807, 2.05) is 6.92 Å². The van der Waals surface area contributed by atoms with Crippen LogP contribution in [0.3, 0.4) is 0 Å². The van der Waals surface area contributed by atoms with E-state index in [-0.39, 0.29) is 22.3 Å². The van der Waals surface area contributed by atoms with E-state index < -0.39 is 31.7 Å². The first-order valence-corrected chi connectivity index (χ1v) is 9.39. The molecule has 0 unspecified atom stereocenters. The molecule has 0 aliphatic rings. The molecule has 0 bridgehead atoms. The van der Waals surface area contributed by atoms with Gasteiger partial charge in [-0.05, 0) is 18.2 Å². The van der Waals surface area contributed by atoms with E-state index in [0.29, 0.717) is 11.8 Å². The Bertz CT molecular complexity index is 882. The van der Waals surface area contributed by atoms with E-state index in [0.717, 1.165) is 18.2 Å². The summed E-state index contributed by atoms with van der Waals surface area (Å²) in [7, 11) is 0. The number of benzene rings is 1. The van der Waals surface area contributed by atoms with Crippen LogP contribution in [0.4, 0.5) is 18.9 Å². The molecule has 0 radical (unpaired) electrons. The van der Waals surface area contributed by atoms with Gasteiger partial charge >= 0.3 is 11.9 Å². The quantitative estimate of drug-likeness (QED) is 0.196. The normalized spacial score (nSPS) is 11.5. The van der Waals surface area contributed by atoms with Crippen molar-refractivity contribution in [1.82, 2.24) is 4.98 Å². The number of hydrogen-bond acceptors (Lipinski definition) is 5. The van der Waals surface area contributed by atoms with Crippen LogP contribution >= 0.6 is 46.6 Å². The lowest BCUT2D eigenvalue weighted by Gasteiger charge is -2.15. The van der Waals surface area contributed by atoms with Crippen LogP contribution in [0, 0.1) is 10.1 Å². The Morgan fingerprint density at radius 3 is 2.48 bits per heavy atom. The van der Waals surface area contributed by atoms with Crippen molar-refractivity contribution in [3.63, 3.8) is 0 Å². The Hall–Kier alpha value is -1.42. The molecule has 2 aromatic rings. The summed E-state index contributed by atoms with van der Waals surface area (Å²) in [6, 6.07) is 2.95. The highest BCUT2D eigenvalue weighted by Crippen LogP contribution is 2.47. The van der Waals surface area contributed by atoms with E-state index in [2.05, 4.69) is 4.98 Å². The maximum Gasteiger partial charge on any atom is 0.417 e. The summed E-state index contributed by atoms with van der Waals surface area (Å²) in [5.41, 5.74) is -1.43. The average molecular weight is 462 g/mol. The molecular weight excluding hydrogens is 452 g/mol. The summed E-state index contributed by atoms with van der Waals surface area (Å²) in [4.78, 5) is 14.5. The zero-order valence-corrected chi connectivity index (χ0v) is 16.5. The van der Waals surface area contributed by atoms with Crippen molar-refractivity contribution < 1.29 is 22.8 Å². The molecule has 0 aliphatic carbocycles. The number of hydrogen-bond donors (Lipinski definition) is 0. The lowest BCUT2D eigenvalue weighted by molar-refractivity contribution is -0.388. The molecule has 1 aromatic carbocycles. The van der Waals surface area contributed by atoms with Gasteiger partial charge in [0, 0.05) is 12.1 Å². The van der Waals surface area contributed by atoms with Gasteiger partial charge in [0.15, 0.2) is 10.8 Å². The van der Waals surface area contributed by atoms with E-state index >= 15 is 0 Å². The highest BCUT2D eigenvalue weighted by atomic mass is 35.5. The topological polar surface area (TPSA) is 65.3 Å². The van der Waals surface area contributed by atoms with Crippen molar-refractivity contribution in [2.45, 2.75) is 24.5 Å². The number of rotatable bonds is 6. The molecule has 12 heteroatoms. The van der Waals surface area contributed by atoms with Gasteiger partial charge in [-0.25, -0.2) is 0 Å². The van der Waals surface area contributed by atoms with Gasteiger partial charge in [-0.1, -0.05) is 53.5 Å². The van der Waals surface area contributed by atoms with E-state index in [4.69, 9.17) is 39.5 Å². The lowest BCUT2D eigenvalue weighted by Crippen LogP contribution is -2.07. The first-order valence-electron chi connectivity index (χ1n) is 7.27. The number of nitro groups is 1. The Morgan fingerprint density at radius 2 is 1.93 bits per heavy atom. The van der Waals surface area contributed by atoms with Crippen molar-refractivity contribution in [1.29, 1.82) is 0 Å². The van der Waals surface area contributed by atoms with Gasteiger partial charge in [0.05, 0.1) is 20.5 Å². The summed E-state index contributed by atoms with van der Waals surface area (Å²) < 4.78 is 44.2. The van der Waals surface area contributed by atoms with Crippen LogP contribution in [0.5, 0.6) is 11.6 Å². The van der Waals surface area contributed by atoms with E-state index in [1.54, 1.807) is 0 Å². The number of aromatic nitrogens is 1. The van der Waals surface area contributed by atoms with Gasteiger partial charge in [-0.2, -0.15) is 18.2 Å². The summed E-state index contributed by atoms with van der Waals surface area (Å²) in [5.74, 6) is 0.119. The molecule has 1 aromatic heterocycles. The molecule has 0 saturated heterocycles. The highest BCUT2D eigenvalue weighted by molar-refractivity contribution is 7.99. The van der Waals surface area contributed by atoms with Crippen LogP contribution in [0.15, 0.2) is 23.2 Å². The third-order valence-electron chi connectivity index (χ3n) is 3.08. The van der Waals surface area contributed by atoms with Crippen molar-refractivity contribution in [3.05, 3.63) is 48.9 Å². The van der Waals surface area contributed by atoms with Gasteiger partial charge < -0.3 is 4.74 Å². The Morgan fingerprint density at radius 1 is 1.26 bits per heavy atom. The predicted octanol–water partition coefficient (Wildman–Crippen LogP) is 7.26. The number of nitrogens with zero attached hydrogens (tertiary/aromatic N) is 2. The standard InChI is InChI=1S/C15H10Cl3F3N2O3S/c1-2-5-27-14-9(23(24)25)3-4-10(22-14)26-13-8(16)6-7(15(19,20)21)11(17)12(13)18/h3-4,6H,2,5H2,1H3. The van der Waals surface area contributed by atoms with Crippen LogP contribution in [-0.4, -0.2) is 15.7 Å². The summed E-state index contributed by atoms with van der Waals surface area (Å²) in [6.07, 6.45) is -4.00. The molecule has 1 heterocycles. The number of pyridine rings is 1. The molecule has 5 nitrogen and oxygen atoms in total. The Kier molecular flexibility index (Phi) is 7.07. The molecule has 0 fully saturated rings. The minimum absolute atomic E-state index is 0.101. The van der Waals surface area contributed by atoms with Crippen LogP contribution in [0.2, 0.25) is 15.1 Å². The molecule has 0 atom stereocenters. The second-order valence-electron chi connectivity index (χ2n) is 5.04. The first kappa shape index (κ1) is 21.9. The predicted molar refractivity (Wildman–Crippen MR) is 98.5 cm³/mol. The van der Waals surface area contributed by atoms with Gasteiger partial charge in [0.1, 0.15) is 5.02 Å². The third-order valence-corrected chi connectivity index (χ3v) is 5.40. The fourth-order valence-corrected chi connectivity index (χ4v) is 3.52. The number of halogens is 6. The molecule has 2 rings (SSSR count). The van der Waals surface area contributed by atoms with Gasteiger partial charge in [-0.15, -0.1) is 0 Å². The smallest absolute Gasteiger partial charge is 0.417 e. The SMILES string of the molecule is CCCSc1nc(Oc2c(Cl)cc(C(F)(F)F)c(Cl)c2Cl)ccc1[N+](=O)[O-]. The van der Waals surface area contributed by atoms with E-state index in [9.17, 15) is 23.3 Å². The van der Waals surface area contributed by atoms with Crippen LogP contribution < -0.4 is 4.74 Å². The number of thioether (sulfide) groups is 1. The summed E-state index contributed by atoms with van der Waals surface area (Å²) >= 11 is 18.6. The monoisotopic (exact) mass is 460 g/mol. The van der Waals surface area contributed by atoms with Crippen LogP contribution in [-0.2, 0) is 6.18 Å². The highest BCUT2D eigenvalue weighted by Gasteiger charge is 2.36. The molecule has 0 amide bonds. The Balaban J connectivity index is 2.45. The molecule has 0 aliphatic heterocycles. The molecule has 0 saturated carbocycles. The largest absolute Gasteiger partial charge is 0.436 e. The van der Waals surface area contributed by atoms with E-state index in [1.165, 1.54) is 12.1 Å². The number of ether oxygens (including phenoxy) is 1. The zero-order chi connectivity index (χ0) is 20.4. The van der Waals surface area contributed by atoms with Gasteiger partial charge in [0.2, 0.25) is 5.88 Å². The number of alkyl halides is 3. The molecule has 0 N–H and O–H groups in total. The maximum absolute atomic E-state index is 12.9. The van der Waals surface area contributed by atoms with Crippen LogP contribution in [0.1, 0.15) is 18.9 Å². The maximum atomic E-state index is 12.9.